The van der Waals surface area contributed by atoms with Crippen molar-refractivity contribution >= 4 is 17.3 Å². The summed E-state index contributed by atoms with van der Waals surface area (Å²) in [5.74, 6) is 0.275. The zero-order valence-electron chi connectivity index (χ0n) is 9.97. The quantitative estimate of drug-likeness (QED) is 0.847. The molecule has 1 aromatic rings. The molecule has 1 saturated carbocycles. The van der Waals surface area contributed by atoms with Gasteiger partial charge in [0.05, 0.1) is 5.54 Å². The summed E-state index contributed by atoms with van der Waals surface area (Å²) in [6.45, 7) is 2.67. The summed E-state index contributed by atoms with van der Waals surface area (Å²) in [6, 6.07) is 4.52. The third kappa shape index (κ3) is 2.72. The molecule has 17 heavy (non-hydrogen) atoms. The maximum atomic E-state index is 13.3. The fraction of sp³-hybridized carbons (Fsp3) is 0.538. The van der Waals surface area contributed by atoms with Crippen LogP contribution >= 0.6 is 11.6 Å². The Kier molecular flexibility index (Phi) is 3.59. The van der Waals surface area contributed by atoms with Gasteiger partial charge in [0.2, 0.25) is 0 Å². The first-order valence-corrected chi connectivity index (χ1v) is 6.42. The summed E-state index contributed by atoms with van der Waals surface area (Å²) in [7, 11) is 0. The molecule has 4 heteroatoms. The summed E-state index contributed by atoms with van der Waals surface area (Å²) in [6.07, 6.45) is 3.32. The van der Waals surface area contributed by atoms with Crippen molar-refractivity contribution < 1.29 is 4.39 Å². The van der Waals surface area contributed by atoms with Crippen molar-refractivity contribution in [2.75, 3.05) is 11.9 Å². The minimum Gasteiger partial charge on any atom is -0.378 e. The van der Waals surface area contributed by atoms with Crippen LogP contribution in [0.25, 0.3) is 0 Å². The lowest BCUT2D eigenvalue weighted by atomic mass is 9.89. The molecule has 2 rings (SSSR count). The molecule has 0 spiro atoms. The second kappa shape index (κ2) is 4.83. The zero-order valence-corrected chi connectivity index (χ0v) is 10.7. The Labute approximate surface area is 106 Å². The molecular formula is C13H18ClFN2. The van der Waals surface area contributed by atoms with Crippen LogP contribution in [0.3, 0.4) is 0 Å². The normalized spacial score (nSPS) is 18.8. The van der Waals surface area contributed by atoms with Crippen LogP contribution in [-0.4, -0.2) is 12.1 Å². The fourth-order valence-corrected chi connectivity index (χ4v) is 2.61. The Morgan fingerprint density at radius 3 is 2.65 bits per heavy atom. The minimum absolute atomic E-state index is 0.114. The standard InChI is InChI=1S/C13H18ClFN2/c1-2-13(8-16,9-3-4-9)17-12-6-10(14)5-11(15)7-12/h5-7,9,17H,2-4,8,16H2,1H3. The highest BCUT2D eigenvalue weighted by Gasteiger charge is 2.42. The van der Waals surface area contributed by atoms with Crippen LogP contribution in [0.1, 0.15) is 26.2 Å². The lowest BCUT2D eigenvalue weighted by molar-refractivity contribution is 0.404. The molecular weight excluding hydrogens is 239 g/mol. The van der Waals surface area contributed by atoms with Gasteiger partial charge in [0.25, 0.3) is 0 Å². The number of hydrogen-bond acceptors (Lipinski definition) is 2. The van der Waals surface area contributed by atoms with Crippen LogP contribution in [0.5, 0.6) is 0 Å². The lowest BCUT2D eigenvalue weighted by Gasteiger charge is -2.34. The van der Waals surface area contributed by atoms with Crippen molar-refractivity contribution in [2.24, 2.45) is 11.7 Å². The first kappa shape index (κ1) is 12.7. The number of anilines is 1. The van der Waals surface area contributed by atoms with Gasteiger partial charge in [-0.25, -0.2) is 4.39 Å². The summed E-state index contributed by atoms with van der Waals surface area (Å²) in [5.41, 5.74) is 6.50. The summed E-state index contributed by atoms with van der Waals surface area (Å²) >= 11 is 5.85. The summed E-state index contributed by atoms with van der Waals surface area (Å²) in [4.78, 5) is 0. The van der Waals surface area contributed by atoms with E-state index in [1.165, 1.54) is 25.0 Å². The molecule has 0 aliphatic heterocycles. The first-order chi connectivity index (χ1) is 8.09. The molecule has 1 fully saturated rings. The van der Waals surface area contributed by atoms with Gasteiger partial charge < -0.3 is 11.1 Å². The van der Waals surface area contributed by atoms with Crippen LogP contribution < -0.4 is 11.1 Å². The molecule has 1 aromatic carbocycles. The molecule has 0 saturated heterocycles. The van der Waals surface area contributed by atoms with E-state index in [0.717, 1.165) is 6.42 Å². The van der Waals surface area contributed by atoms with Gasteiger partial charge in [-0.2, -0.15) is 0 Å². The van der Waals surface area contributed by atoms with Gasteiger partial charge in [-0.1, -0.05) is 18.5 Å². The van der Waals surface area contributed by atoms with Crippen molar-refractivity contribution in [3.63, 3.8) is 0 Å². The Morgan fingerprint density at radius 2 is 2.18 bits per heavy atom. The Morgan fingerprint density at radius 1 is 1.47 bits per heavy atom. The average Bonchev–Trinajstić information content (AvgIpc) is 3.09. The fourth-order valence-electron chi connectivity index (χ4n) is 2.39. The van der Waals surface area contributed by atoms with E-state index in [2.05, 4.69) is 12.2 Å². The molecule has 94 valence electrons. The molecule has 0 bridgehead atoms. The molecule has 1 aliphatic carbocycles. The van der Waals surface area contributed by atoms with E-state index in [-0.39, 0.29) is 11.4 Å². The average molecular weight is 257 g/mol. The largest absolute Gasteiger partial charge is 0.378 e. The molecule has 1 atom stereocenters. The van der Waals surface area contributed by atoms with Gasteiger partial charge in [0.1, 0.15) is 5.82 Å². The molecule has 1 unspecified atom stereocenters. The smallest absolute Gasteiger partial charge is 0.126 e. The highest BCUT2D eigenvalue weighted by Crippen LogP contribution is 2.43. The van der Waals surface area contributed by atoms with Crippen LogP contribution in [0.4, 0.5) is 10.1 Å². The van der Waals surface area contributed by atoms with Crippen LogP contribution in [0.15, 0.2) is 18.2 Å². The highest BCUT2D eigenvalue weighted by atomic mass is 35.5. The topological polar surface area (TPSA) is 38.0 Å². The van der Waals surface area contributed by atoms with Gasteiger partial charge in [0, 0.05) is 17.3 Å². The predicted octanol–water partition coefficient (Wildman–Crippen LogP) is 3.41. The minimum atomic E-state index is -0.321. The monoisotopic (exact) mass is 256 g/mol. The maximum absolute atomic E-state index is 13.3. The molecule has 3 N–H and O–H groups in total. The highest BCUT2D eigenvalue weighted by molar-refractivity contribution is 6.30. The molecule has 0 radical (unpaired) electrons. The Bertz CT molecular complexity index is 380. The van der Waals surface area contributed by atoms with Crippen molar-refractivity contribution in [3.8, 4) is 0 Å². The van der Waals surface area contributed by atoms with E-state index in [4.69, 9.17) is 17.3 Å². The third-order valence-corrected chi connectivity index (χ3v) is 3.83. The van der Waals surface area contributed by atoms with Gasteiger partial charge in [0.15, 0.2) is 0 Å². The van der Waals surface area contributed by atoms with Gasteiger partial charge in [-0.05, 0) is 43.4 Å². The molecule has 0 heterocycles. The van der Waals surface area contributed by atoms with E-state index in [1.54, 1.807) is 6.07 Å². The van der Waals surface area contributed by atoms with Crippen molar-refractivity contribution in [2.45, 2.75) is 31.7 Å². The predicted molar refractivity (Wildman–Crippen MR) is 69.8 cm³/mol. The second-order valence-electron chi connectivity index (χ2n) is 4.77. The second-order valence-corrected chi connectivity index (χ2v) is 5.21. The summed E-state index contributed by atoms with van der Waals surface area (Å²) < 4.78 is 13.3. The van der Waals surface area contributed by atoms with E-state index < -0.39 is 0 Å². The zero-order chi connectivity index (χ0) is 12.5. The van der Waals surface area contributed by atoms with Crippen molar-refractivity contribution in [1.82, 2.24) is 0 Å². The Balaban J connectivity index is 2.22. The van der Waals surface area contributed by atoms with Crippen LogP contribution in [0, 0.1) is 11.7 Å². The van der Waals surface area contributed by atoms with Crippen LogP contribution in [0.2, 0.25) is 5.02 Å². The van der Waals surface area contributed by atoms with E-state index in [0.29, 0.717) is 23.2 Å². The van der Waals surface area contributed by atoms with Gasteiger partial charge in [-0.15, -0.1) is 0 Å². The van der Waals surface area contributed by atoms with E-state index in [1.807, 2.05) is 0 Å². The number of nitrogens with one attached hydrogen (secondary N) is 1. The van der Waals surface area contributed by atoms with Crippen molar-refractivity contribution in [1.29, 1.82) is 0 Å². The van der Waals surface area contributed by atoms with Gasteiger partial charge in [-0.3, -0.25) is 0 Å². The molecule has 2 nitrogen and oxygen atoms in total. The number of nitrogens with two attached hydrogens (primary N) is 1. The maximum Gasteiger partial charge on any atom is 0.126 e. The number of benzene rings is 1. The molecule has 0 amide bonds. The SMILES string of the molecule is CCC(CN)(Nc1cc(F)cc(Cl)c1)C1CC1. The first-order valence-electron chi connectivity index (χ1n) is 6.04. The number of halogens is 2. The van der Waals surface area contributed by atoms with Crippen molar-refractivity contribution in [3.05, 3.63) is 29.0 Å². The molecule has 1 aliphatic rings. The third-order valence-electron chi connectivity index (χ3n) is 3.61. The van der Waals surface area contributed by atoms with E-state index in [9.17, 15) is 4.39 Å². The number of hydrogen-bond donors (Lipinski definition) is 2. The number of rotatable bonds is 5. The van der Waals surface area contributed by atoms with Crippen LogP contribution in [-0.2, 0) is 0 Å². The lowest BCUT2D eigenvalue weighted by Crippen LogP contribution is -2.47. The Hall–Kier alpha value is -0.800. The summed E-state index contributed by atoms with van der Waals surface area (Å²) in [5, 5.41) is 3.79. The molecule has 0 aromatic heterocycles. The van der Waals surface area contributed by atoms with E-state index >= 15 is 0 Å². The van der Waals surface area contributed by atoms with Gasteiger partial charge >= 0.3 is 0 Å².